The summed E-state index contributed by atoms with van der Waals surface area (Å²) in [6.45, 7) is 0. The van der Waals surface area contributed by atoms with E-state index < -0.39 is 0 Å². The predicted molar refractivity (Wildman–Crippen MR) is 38.8 cm³/mol. The van der Waals surface area contributed by atoms with Crippen molar-refractivity contribution in [3.8, 4) is 18.1 Å². The molecule has 0 unspecified atom stereocenters. The second-order valence-corrected chi connectivity index (χ2v) is 2.08. The van der Waals surface area contributed by atoms with E-state index in [1.165, 1.54) is 12.3 Å². The summed E-state index contributed by atoms with van der Waals surface area (Å²) in [5, 5.41) is 9.11. The third kappa shape index (κ3) is 1.20. The smallest absolute Gasteiger partial charge is 0.135 e. The second kappa shape index (κ2) is 2.59. The Morgan fingerprint density at radius 1 is 1.70 bits per heavy atom. The molecule has 0 aliphatic rings. The number of aromatic hydroxyl groups is 1. The fraction of sp³-hybridized carbons (Fsp3) is 0. The first-order valence-corrected chi connectivity index (χ1v) is 2.93. The molecule has 0 aromatic carbocycles. The van der Waals surface area contributed by atoms with E-state index in [9.17, 15) is 0 Å². The largest absolute Gasteiger partial charge is 0.506 e. The van der Waals surface area contributed by atoms with Gasteiger partial charge in [-0.25, -0.2) is 4.98 Å². The average molecular weight is 154 g/mol. The Labute approximate surface area is 63.5 Å². The van der Waals surface area contributed by atoms with Gasteiger partial charge in [0, 0.05) is 6.07 Å². The number of rotatable bonds is 0. The van der Waals surface area contributed by atoms with E-state index in [4.69, 9.17) is 23.1 Å². The highest BCUT2D eigenvalue weighted by Gasteiger charge is 1.97. The van der Waals surface area contributed by atoms with E-state index in [0.717, 1.165) is 0 Å². The van der Waals surface area contributed by atoms with Crippen LogP contribution in [-0.4, -0.2) is 10.1 Å². The minimum atomic E-state index is 0.0176. The van der Waals surface area contributed by atoms with Gasteiger partial charge in [0.25, 0.3) is 0 Å². The van der Waals surface area contributed by atoms with Crippen molar-refractivity contribution in [2.45, 2.75) is 0 Å². The van der Waals surface area contributed by atoms with Gasteiger partial charge < -0.3 is 5.11 Å². The Balaban J connectivity index is 3.23. The van der Waals surface area contributed by atoms with Gasteiger partial charge in [-0.2, -0.15) is 0 Å². The predicted octanol–water partition coefficient (Wildman–Crippen LogP) is 1.42. The van der Waals surface area contributed by atoms with Crippen LogP contribution in [0.1, 0.15) is 5.69 Å². The molecule has 1 rings (SSSR count). The number of hydrogen-bond donors (Lipinski definition) is 1. The summed E-state index contributed by atoms with van der Waals surface area (Å²) in [5.41, 5.74) is 0.347. The molecular formula is C7H4ClNO. The summed E-state index contributed by atoms with van der Waals surface area (Å²) in [7, 11) is 0. The molecule has 2 nitrogen and oxygen atoms in total. The molecule has 1 aromatic heterocycles. The summed E-state index contributed by atoms with van der Waals surface area (Å²) in [6.07, 6.45) is 6.27. The van der Waals surface area contributed by atoms with Crippen LogP contribution in [0.4, 0.5) is 0 Å². The number of nitrogens with zero attached hydrogens (tertiary/aromatic N) is 1. The SMILES string of the molecule is C#Cc1ncc(O)cc1Cl. The van der Waals surface area contributed by atoms with Gasteiger partial charge in [0.15, 0.2) is 0 Å². The highest BCUT2D eigenvalue weighted by molar-refractivity contribution is 6.31. The Kier molecular flexibility index (Phi) is 1.79. The van der Waals surface area contributed by atoms with Gasteiger partial charge in [-0.15, -0.1) is 6.42 Å². The zero-order valence-corrected chi connectivity index (χ0v) is 5.76. The van der Waals surface area contributed by atoms with Crippen molar-refractivity contribution in [3.05, 3.63) is 23.0 Å². The standard InChI is InChI=1S/C7H4ClNO/c1-2-7-6(8)3-5(10)4-9-7/h1,3-4,10H. The molecule has 0 spiro atoms. The van der Waals surface area contributed by atoms with E-state index >= 15 is 0 Å². The fourth-order valence-corrected chi connectivity index (χ4v) is 0.749. The summed E-state index contributed by atoms with van der Waals surface area (Å²) in [4.78, 5) is 3.68. The normalized spacial score (nSPS) is 8.80. The maximum Gasteiger partial charge on any atom is 0.135 e. The van der Waals surface area contributed by atoms with E-state index in [0.29, 0.717) is 10.7 Å². The molecule has 0 atom stereocenters. The molecule has 0 aliphatic heterocycles. The molecule has 50 valence electrons. The molecule has 0 saturated heterocycles. The van der Waals surface area contributed by atoms with Crippen molar-refractivity contribution in [1.82, 2.24) is 4.98 Å². The van der Waals surface area contributed by atoms with Crippen molar-refractivity contribution in [1.29, 1.82) is 0 Å². The molecule has 0 saturated carbocycles. The van der Waals surface area contributed by atoms with E-state index in [2.05, 4.69) is 10.9 Å². The van der Waals surface area contributed by atoms with Gasteiger partial charge in [-0.3, -0.25) is 0 Å². The molecule has 10 heavy (non-hydrogen) atoms. The fourth-order valence-electron chi connectivity index (χ4n) is 0.534. The molecule has 1 aromatic rings. The van der Waals surface area contributed by atoms with Crippen LogP contribution >= 0.6 is 11.6 Å². The van der Waals surface area contributed by atoms with Crippen LogP contribution in [0.3, 0.4) is 0 Å². The van der Waals surface area contributed by atoms with Crippen LogP contribution in [0.5, 0.6) is 5.75 Å². The summed E-state index contributed by atoms with van der Waals surface area (Å²) in [5.74, 6) is 2.29. The number of hydrogen-bond acceptors (Lipinski definition) is 2. The van der Waals surface area contributed by atoms with Gasteiger partial charge in [0.2, 0.25) is 0 Å². The molecule has 0 aliphatic carbocycles. The van der Waals surface area contributed by atoms with Gasteiger partial charge >= 0.3 is 0 Å². The lowest BCUT2D eigenvalue weighted by atomic mass is 10.3. The summed E-state index contributed by atoms with van der Waals surface area (Å²) >= 11 is 5.56. The van der Waals surface area contributed by atoms with Crippen molar-refractivity contribution < 1.29 is 5.11 Å². The Bertz CT molecular complexity index is 290. The van der Waals surface area contributed by atoms with Crippen molar-refractivity contribution in [2.75, 3.05) is 0 Å². The highest BCUT2D eigenvalue weighted by atomic mass is 35.5. The first-order valence-electron chi connectivity index (χ1n) is 2.55. The first kappa shape index (κ1) is 6.91. The number of terminal acetylenes is 1. The maximum atomic E-state index is 8.82. The van der Waals surface area contributed by atoms with Crippen LogP contribution in [0.15, 0.2) is 12.3 Å². The third-order valence-electron chi connectivity index (χ3n) is 0.963. The summed E-state index contributed by atoms with van der Waals surface area (Å²) in [6, 6.07) is 1.35. The van der Waals surface area contributed by atoms with Crippen molar-refractivity contribution >= 4 is 11.6 Å². The zero-order chi connectivity index (χ0) is 7.56. The zero-order valence-electron chi connectivity index (χ0n) is 5.00. The number of aromatic nitrogens is 1. The lowest BCUT2D eigenvalue weighted by Crippen LogP contribution is -1.81. The lowest BCUT2D eigenvalue weighted by molar-refractivity contribution is 0.472. The number of pyridine rings is 1. The van der Waals surface area contributed by atoms with Crippen molar-refractivity contribution in [3.63, 3.8) is 0 Å². The first-order chi connectivity index (χ1) is 4.74. The molecule has 0 amide bonds. The topological polar surface area (TPSA) is 33.1 Å². The van der Waals surface area contributed by atoms with Gasteiger partial charge in [0.1, 0.15) is 11.4 Å². The minimum absolute atomic E-state index is 0.0176. The van der Waals surface area contributed by atoms with E-state index in [1.54, 1.807) is 0 Å². The molecular weight excluding hydrogens is 150 g/mol. The van der Waals surface area contributed by atoms with Crippen LogP contribution < -0.4 is 0 Å². The Hall–Kier alpha value is -1.20. The van der Waals surface area contributed by atoms with Crippen LogP contribution in [0, 0.1) is 12.3 Å². The van der Waals surface area contributed by atoms with Crippen LogP contribution in [0.2, 0.25) is 5.02 Å². The quantitative estimate of drug-likeness (QED) is 0.572. The molecule has 0 fully saturated rings. The molecule has 3 heteroatoms. The monoisotopic (exact) mass is 153 g/mol. The Morgan fingerprint density at radius 2 is 2.40 bits per heavy atom. The van der Waals surface area contributed by atoms with E-state index in [1.807, 2.05) is 0 Å². The molecule has 0 bridgehead atoms. The Morgan fingerprint density at radius 3 is 2.90 bits per heavy atom. The van der Waals surface area contributed by atoms with Gasteiger partial charge in [-0.1, -0.05) is 11.6 Å². The average Bonchev–Trinajstić information content (AvgIpc) is 1.88. The van der Waals surface area contributed by atoms with Crippen LogP contribution in [-0.2, 0) is 0 Å². The van der Waals surface area contributed by atoms with E-state index in [-0.39, 0.29) is 5.75 Å². The molecule has 0 radical (unpaired) electrons. The maximum absolute atomic E-state index is 8.82. The minimum Gasteiger partial charge on any atom is -0.506 e. The molecule has 1 heterocycles. The molecule has 1 N–H and O–H groups in total. The van der Waals surface area contributed by atoms with Gasteiger partial charge in [-0.05, 0) is 5.92 Å². The number of halogens is 1. The van der Waals surface area contributed by atoms with Crippen molar-refractivity contribution in [2.24, 2.45) is 0 Å². The van der Waals surface area contributed by atoms with Crippen LogP contribution in [0.25, 0.3) is 0 Å². The second-order valence-electron chi connectivity index (χ2n) is 1.67. The highest BCUT2D eigenvalue weighted by Crippen LogP contribution is 2.17. The summed E-state index contributed by atoms with van der Waals surface area (Å²) < 4.78 is 0. The van der Waals surface area contributed by atoms with Gasteiger partial charge in [0.05, 0.1) is 11.2 Å². The lowest BCUT2D eigenvalue weighted by Gasteiger charge is -1.93. The third-order valence-corrected chi connectivity index (χ3v) is 1.25.